The van der Waals surface area contributed by atoms with Crippen LogP contribution in [-0.4, -0.2) is 17.6 Å². The first-order valence-electron chi connectivity index (χ1n) is 7.84. The van der Waals surface area contributed by atoms with Gasteiger partial charge in [-0.3, -0.25) is 4.79 Å². The molecule has 1 saturated carbocycles. The minimum atomic E-state index is -0.803. The molecular formula is C16H31NO2. The fourth-order valence-electron chi connectivity index (χ4n) is 3.04. The van der Waals surface area contributed by atoms with Crippen molar-refractivity contribution in [1.82, 2.24) is 0 Å². The first-order valence-corrected chi connectivity index (χ1v) is 7.84. The summed E-state index contributed by atoms with van der Waals surface area (Å²) >= 11 is 0. The minimum Gasteiger partial charge on any atom is -0.461 e. The molecule has 0 aromatic carbocycles. The van der Waals surface area contributed by atoms with E-state index < -0.39 is 5.54 Å². The van der Waals surface area contributed by atoms with Gasteiger partial charge in [-0.25, -0.2) is 0 Å². The summed E-state index contributed by atoms with van der Waals surface area (Å²) in [6.07, 6.45) is 4.71. The van der Waals surface area contributed by atoms with Crippen molar-refractivity contribution in [2.45, 2.75) is 78.4 Å². The van der Waals surface area contributed by atoms with Crippen LogP contribution in [0.25, 0.3) is 0 Å². The van der Waals surface area contributed by atoms with E-state index in [0.29, 0.717) is 30.6 Å². The standard InChI is InChI=1S/C16H31NO2/c1-6-16(17,7-2)15(18)19-14-10-12(5)8-9-13(14)11(3)4/h11-14H,6-10,17H2,1-5H3. The number of nitrogens with two attached hydrogens (primary N) is 1. The Morgan fingerprint density at radius 3 is 2.37 bits per heavy atom. The Hall–Kier alpha value is -0.570. The van der Waals surface area contributed by atoms with E-state index in [2.05, 4.69) is 20.8 Å². The summed E-state index contributed by atoms with van der Waals surface area (Å²) in [5.74, 6) is 1.48. The highest BCUT2D eigenvalue weighted by molar-refractivity contribution is 5.80. The topological polar surface area (TPSA) is 52.3 Å². The maximum atomic E-state index is 12.3. The number of carbonyl (C=O) groups is 1. The molecule has 1 aliphatic carbocycles. The van der Waals surface area contributed by atoms with E-state index in [0.717, 1.165) is 12.8 Å². The molecule has 0 aliphatic heterocycles. The van der Waals surface area contributed by atoms with Crippen LogP contribution in [-0.2, 0) is 9.53 Å². The second-order valence-corrected chi connectivity index (χ2v) is 6.63. The van der Waals surface area contributed by atoms with Gasteiger partial charge in [0.1, 0.15) is 11.6 Å². The molecule has 3 nitrogen and oxygen atoms in total. The van der Waals surface area contributed by atoms with Gasteiger partial charge in [-0.1, -0.05) is 41.0 Å². The van der Waals surface area contributed by atoms with Gasteiger partial charge in [0.25, 0.3) is 0 Å². The molecule has 1 rings (SSSR count). The van der Waals surface area contributed by atoms with Crippen molar-refractivity contribution >= 4 is 5.97 Å². The lowest BCUT2D eigenvalue weighted by molar-refractivity contribution is -0.163. The molecule has 112 valence electrons. The predicted octanol–water partition coefficient (Wildman–Crippen LogP) is 3.51. The smallest absolute Gasteiger partial charge is 0.326 e. The monoisotopic (exact) mass is 269 g/mol. The van der Waals surface area contributed by atoms with Crippen LogP contribution in [0.5, 0.6) is 0 Å². The van der Waals surface area contributed by atoms with Crippen LogP contribution in [0, 0.1) is 17.8 Å². The Balaban J connectivity index is 2.73. The summed E-state index contributed by atoms with van der Waals surface area (Å²) < 4.78 is 5.82. The highest BCUT2D eigenvalue weighted by Crippen LogP contribution is 2.36. The number of carbonyl (C=O) groups excluding carboxylic acids is 1. The lowest BCUT2D eigenvalue weighted by atomic mass is 9.75. The molecule has 3 unspecified atom stereocenters. The third-order valence-electron chi connectivity index (χ3n) is 4.89. The first-order chi connectivity index (χ1) is 8.84. The SMILES string of the molecule is CCC(N)(CC)C(=O)OC1CC(C)CCC1C(C)C. The van der Waals surface area contributed by atoms with Crippen molar-refractivity contribution in [2.24, 2.45) is 23.5 Å². The average molecular weight is 269 g/mol. The van der Waals surface area contributed by atoms with Gasteiger partial charge >= 0.3 is 5.97 Å². The van der Waals surface area contributed by atoms with E-state index in [1.165, 1.54) is 6.42 Å². The van der Waals surface area contributed by atoms with Gasteiger partial charge in [-0.2, -0.15) is 0 Å². The van der Waals surface area contributed by atoms with Crippen LogP contribution in [0.4, 0.5) is 0 Å². The van der Waals surface area contributed by atoms with Crippen LogP contribution < -0.4 is 5.73 Å². The summed E-state index contributed by atoms with van der Waals surface area (Å²) in [4.78, 5) is 12.3. The summed E-state index contributed by atoms with van der Waals surface area (Å²) in [5.41, 5.74) is 5.34. The molecule has 0 saturated heterocycles. The van der Waals surface area contributed by atoms with Crippen LogP contribution in [0.2, 0.25) is 0 Å². The maximum Gasteiger partial charge on any atom is 0.326 e. The van der Waals surface area contributed by atoms with Gasteiger partial charge in [-0.15, -0.1) is 0 Å². The number of esters is 1. The third kappa shape index (κ3) is 3.95. The fourth-order valence-corrected chi connectivity index (χ4v) is 3.04. The number of rotatable bonds is 5. The van der Waals surface area contributed by atoms with E-state index in [1.807, 2.05) is 13.8 Å². The van der Waals surface area contributed by atoms with E-state index in [4.69, 9.17) is 10.5 Å². The molecule has 0 amide bonds. The zero-order valence-corrected chi connectivity index (χ0v) is 13.2. The summed E-state index contributed by atoms with van der Waals surface area (Å²) in [6.45, 7) is 10.6. The Morgan fingerprint density at radius 1 is 1.32 bits per heavy atom. The Labute approximate surface area is 118 Å². The van der Waals surface area contributed by atoms with E-state index in [9.17, 15) is 4.79 Å². The maximum absolute atomic E-state index is 12.3. The van der Waals surface area contributed by atoms with Crippen molar-refractivity contribution in [3.8, 4) is 0 Å². The molecule has 1 fully saturated rings. The molecule has 3 atom stereocenters. The number of ether oxygens (including phenoxy) is 1. The van der Waals surface area contributed by atoms with Crippen LogP contribution in [0.15, 0.2) is 0 Å². The molecule has 0 bridgehead atoms. The molecule has 19 heavy (non-hydrogen) atoms. The van der Waals surface area contributed by atoms with Gasteiger partial charge in [0.15, 0.2) is 0 Å². The second kappa shape index (κ2) is 6.74. The second-order valence-electron chi connectivity index (χ2n) is 6.63. The van der Waals surface area contributed by atoms with Crippen LogP contribution in [0.3, 0.4) is 0 Å². The zero-order valence-electron chi connectivity index (χ0n) is 13.2. The largest absolute Gasteiger partial charge is 0.461 e. The van der Waals surface area contributed by atoms with Gasteiger partial charge < -0.3 is 10.5 Å². The average Bonchev–Trinajstić information content (AvgIpc) is 2.37. The van der Waals surface area contributed by atoms with E-state index in [1.54, 1.807) is 0 Å². The summed E-state index contributed by atoms with van der Waals surface area (Å²) in [6, 6.07) is 0. The van der Waals surface area contributed by atoms with Crippen LogP contribution >= 0.6 is 0 Å². The fraction of sp³-hybridized carbons (Fsp3) is 0.938. The van der Waals surface area contributed by atoms with Gasteiger partial charge in [0.2, 0.25) is 0 Å². The van der Waals surface area contributed by atoms with Crippen molar-refractivity contribution in [3.63, 3.8) is 0 Å². The molecule has 0 heterocycles. The molecule has 2 N–H and O–H groups in total. The molecule has 1 aliphatic rings. The van der Waals surface area contributed by atoms with Crippen molar-refractivity contribution < 1.29 is 9.53 Å². The van der Waals surface area contributed by atoms with E-state index in [-0.39, 0.29) is 12.1 Å². The quantitative estimate of drug-likeness (QED) is 0.777. The third-order valence-corrected chi connectivity index (χ3v) is 4.89. The first kappa shape index (κ1) is 16.5. The van der Waals surface area contributed by atoms with Gasteiger partial charge in [0, 0.05) is 0 Å². The molecule has 0 aromatic heterocycles. The Bertz CT molecular complexity index is 297. The van der Waals surface area contributed by atoms with Gasteiger partial charge in [0.05, 0.1) is 0 Å². The predicted molar refractivity (Wildman–Crippen MR) is 78.7 cm³/mol. The van der Waals surface area contributed by atoms with Crippen molar-refractivity contribution in [3.05, 3.63) is 0 Å². The van der Waals surface area contributed by atoms with Gasteiger partial charge in [-0.05, 0) is 43.4 Å². The lowest BCUT2D eigenvalue weighted by Crippen LogP contribution is -2.50. The Morgan fingerprint density at radius 2 is 1.89 bits per heavy atom. The zero-order chi connectivity index (χ0) is 14.6. The van der Waals surface area contributed by atoms with Crippen molar-refractivity contribution in [2.75, 3.05) is 0 Å². The molecule has 0 aromatic rings. The van der Waals surface area contributed by atoms with E-state index >= 15 is 0 Å². The highest BCUT2D eigenvalue weighted by atomic mass is 16.5. The minimum absolute atomic E-state index is 0.0530. The normalized spacial score (nSPS) is 28.5. The molecule has 3 heteroatoms. The number of hydrogen-bond donors (Lipinski definition) is 1. The van der Waals surface area contributed by atoms with Crippen molar-refractivity contribution in [1.29, 1.82) is 0 Å². The molecular weight excluding hydrogens is 238 g/mol. The molecule has 0 spiro atoms. The summed E-state index contributed by atoms with van der Waals surface area (Å²) in [7, 11) is 0. The molecule has 0 radical (unpaired) electrons. The van der Waals surface area contributed by atoms with Crippen LogP contribution in [0.1, 0.15) is 66.7 Å². The number of hydrogen-bond acceptors (Lipinski definition) is 3. The lowest BCUT2D eigenvalue weighted by Gasteiger charge is -2.38. The summed E-state index contributed by atoms with van der Waals surface area (Å²) in [5, 5.41) is 0. The highest BCUT2D eigenvalue weighted by Gasteiger charge is 2.38. The Kier molecular flexibility index (Phi) is 5.84.